The Kier molecular flexibility index (Phi) is 14.3. The third-order valence-electron chi connectivity index (χ3n) is 1.24. The number of ether oxygens (including phenoxy) is 1. The molecule has 0 aromatic carbocycles. The molecule has 0 atom stereocenters. The molecule has 0 aromatic rings. The lowest BCUT2D eigenvalue weighted by Crippen LogP contribution is -2.15. The van der Waals surface area contributed by atoms with Gasteiger partial charge in [0.1, 0.15) is 12.4 Å². The molecule has 1 fully saturated rings. The molecule has 5 nitrogen and oxygen atoms in total. The minimum Gasteiger partial charge on any atom is -0.394 e. The molecule has 1 saturated carbocycles. The summed E-state index contributed by atoms with van der Waals surface area (Å²) in [7, 11) is 3.25. The number of carbonyl (C=O) groups is 1. The zero-order valence-electron chi connectivity index (χ0n) is 8.72. The van der Waals surface area contributed by atoms with Gasteiger partial charge in [-0.15, -0.1) is 0 Å². The van der Waals surface area contributed by atoms with E-state index >= 15 is 0 Å². The summed E-state index contributed by atoms with van der Waals surface area (Å²) in [6, 6.07) is 0. The highest BCUT2D eigenvalue weighted by Gasteiger charge is 2.18. The van der Waals surface area contributed by atoms with Crippen LogP contribution in [0.25, 0.3) is 0 Å². The molecule has 1 aliphatic carbocycles. The summed E-state index contributed by atoms with van der Waals surface area (Å²) >= 11 is 0. The number of aliphatic hydroxyl groups is 3. The summed E-state index contributed by atoms with van der Waals surface area (Å²) < 4.78 is 4.25. The molecule has 0 aliphatic heterocycles. The maximum absolute atomic E-state index is 9.57. The number of rotatable bonds is 3. The second-order valence-electron chi connectivity index (χ2n) is 2.90. The van der Waals surface area contributed by atoms with Gasteiger partial charge in [-0.25, -0.2) is 0 Å². The molecule has 0 radical (unpaired) electrons. The normalized spacial score (nSPS) is 13.6. The lowest BCUT2D eigenvalue weighted by atomic mass is 10.4. The van der Waals surface area contributed by atoms with Gasteiger partial charge < -0.3 is 24.9 Å². The van der Waals surface area contributed by atoms with Crippen LogP contribution in [-0.4, -0.2) is 55.1 Å². The van der Waals surface area contributed by atoms with Gasteiger partial charge in [0.05, 0.1) is 13.2 Å². The molecule has 1 aliphatic rings. The zero-order valence-corrected chi connectivity index (χ0v) is 8.72. The van der Waals surface area contributed by atoms with Crippen molar-refractivity contribution in [1.29, 1.82) is 0 Å². The molecule has 0 saturated heterocycles. The topological polar surface area (TPSA) is 87.0 Å². The van der Waals surface area contributed by atoms with Crippen molar-refractivity contribution >= 4 is 6.29 Å². The van der Waals surface area contributed by atoms with Crippen LogP contribution in [0, 0.1) is 5.92 Å². The standard InChI is InChI=1S/C4H6O.C3H8O3.C2H6O/c5-3-4-1-2-4;4-1-3(6)2-5;1-3-2/h3-4H,1-2H2;3-6H,1-2H2;1-2H3. The smallest absolute Gasteiger partial charge is 0.123 e. The van der Waals surface area contributed by atoms with Gasteiger partial charge in [0.25, 0.3) is 0 Å². The quantitative estimate of drug-likeness (QED) is 0.528. The van der Waals surface area contributed by atoms with Crippen molar-refractivity contribution in [1.82, 2.24) is 0 Å². The van der Waals surface area contributed by atoms with E-state index in [0.29, 0.717) is 5.92 Å². The average Bonchev–Trinajstić information content (AvgIpc) is 3.02. The minimum atomic E-state index is -0.954. The second kappa shape index (κ2) is 12.5. The van der Waals surface area contributed by atoms with E-state index in [2.05, 4.69) is 4.74 Å². The highest BCUT2D eigenvalue weighted by atomic mass is 16.4. The van der Waals surface area contributed by atoms with Crippen LogP contribution in [0.15, 0.2) is 0 Å². The van der Waals surface area contributed by atoms with Gasteiger partial charge in [0.15, 0.2) is 0 Å². The summed E-state index contributed by atoms with van der Waals surface area (Å²) in [5, 5.41) is 24.0. The number of carbonyl (C=O) groups excluding carboxylic acids is 1. The minimum absolute atomic E-state index is 0.365. The molecule has 1 rings (SSSR count). The van der Waals surface area contributed by atoms with Crippen molar-refractivity contribution < 1.29 is 24.9 Å². The maximum Gasteiger partial charge on any atom is 0.123 e. The fourth-order valence-corrected chi connectivity index (χ4v) is 0.290. The van der Waals surface area contributed by atoms with E-state index in [9.17, 15) is 4.79 Å². The van der Waals surface area contributed by atoms with Crippen molar-refractivity contribution in [3.05, 3.63) is 0 Å². The molecule has 86 valence electrons. The lowest BCUT2D eigenvalue weighted by molar-refractivity contribution is -0.108. The Bertz CT molecular complexity index is 110. The second-order valence-corrected chi connectivity index (χ2v) is 2.90. The molecule has 0 unspecified atom stereocenters. The molecule has 5 heteroatoms. The molecular formula is C9H20O5. The first kappa shape index (κ1) is 16.0. The van der Waals surface area contributed by atoms with Crippen LogP contribution < -0.4 is 0 Å². The summed E-state index contributed by atoms with van der Waals surface area (Å²) in [5.41, 5.74) is 0. The van der Waals surface area contributed by atoms with Gasteiger partial charge in [0, 0.05) is 20.1 Å². The number of hydrogen-bond acceptors (Lipinski definition) is 5. The van der Waals surface area contributed by atoms with Crippen molar-refractivity contribution in [2.75, 3.05) is 27.4 Å². The van der Waals surface area contributed by atoms with Crippen LogP contribution in [0.5, 0.6) is 0 Å². The predicted molar refractivity (Wildman–Crippen MR) is 51.9 cm³/mol. The van der Waals surface area contributed by atoms with E-state index in [1.54, 1.807) is 14.2 Å². The van der Waals surface area contributed by atoms with Crippen LogP contribution in [0.3, 0.4) is 0 Å². The first-order valence-electron chi connectivity index (χ1n) is 4.41. The summed E-state index contributed by atoms with van der Waals surface area (Å²) in [4.78, 5) is 9.57. The summed E-state index contributed by atoms with van der Waals surface area (Å²) in [6.45, 7) is -0.729. The Balaban J connectivity index is 0. The zero-order chi connectivity index (χ0) is 11.4. The van der Waals surface area contributed by atoms with Gasteiger partial charge in [-0.2, -0.15) is 0 Å². The SMILES string of the molecule is COC.O=CC1CC1.OCC(O)CO. The van der Waals surface area contributed by atoms with Crippen molar-refractivity contribution in [2.45, 2.75) is 18.9 Å². The molecule has 0 aromatic heterocycles. The maximum atomic E-state index is 9.57. The van der Waals surface area contributed by atoms with Crippen molar-refractivity contribution in [2.24, 2.45) is 5.92 Å². The third kappa shape index (κ3) is 17.6. The van der Waals surface area contributed by atoms with Crippen LogP contribution in [0.4, 0.5) is 0 Å². The molecule has 3 N–H and O–H groups in total. The van der Waals surface area contributed by atoms with Crippen molar-refractivity contribution in [3.63, 3.8) is 0 Å². The van der Waals surface area contributed by atoms with Gasteiger partial charge in [-0.3, -0.25) is 0 Å². The number of aldehydes is 1. The molecule has 0 amide bonds. The van der Waals surface area contributed by atoms with E-state index in [0.717, 1.165) is 19.1 Å². The van der Waals surface area contributed by atoms with Gasteiger partial charge in [0.2, 0.25) is 0 Å². The third-order valence-corrected chi connectivity index (χ3v) is 1.24. The highest BCUT2D eigenvalue weighted by Crippen LogP contribution is 2.25. The number of aliphatic hydroxyl groups excluding tert-OH is 3. The Morgan fingerprint density at radius 3 is 1.71 bits per heavy atom. The highest BCUT2D eigenvalue weighted by molar-refractivity contribution is 5.56. The molecule has 14 heavy (non-hydrogen) atoms. The lowest BCUT2D eigenvalue weighted by Gasteiger charge is -1.96. The Labute approximate surface area is 84.3 Å². The molecular weight excluding hydrogens is 188 g/mol. The summed E-state index contributed by atoms with van der Waals surface area (Å²) in [5.74, 6) is 0.454. The fourth-order valence-electron chi connectivity index (χ4n) is 0.290. The average molecular weight is 208 g/mol. The van der Waals surface area contributed by atoms with E-state index in [-0.39, 0.29) is 13.2 Å². The monoisotopic (exact) mass is 208 g/mol. The van der Waals surface area contributed by atoms with Crippen LogP contribution in [-0.2, 0) is 9.53 Å². The van der Waals surface area contributed by atoms with E-state index < -0.39 is 6.10 Å². The van der Waals surface area contributed by atoms with Crippen LogP contribution >= 0.6 is 0 Å². The van der Waals surface area contributed by atoms with E-state index in [1.807, 2.05) is 0 Å². The summed E-state index contributed by atoms with van der Waals surface area (Å²) in [6.07, 6.45) is 2.36. The van der Waals surface area contributed by atoms with Crippen LogP contribution in [0.1, 0.15) is 12.8 Å². The molecule has 0 spiro atoms. The fraction of sp³-hybridized carbons (Fsp3) is 0.889. The Hall–Kier alpha value is -0.490. The largest absolute Gasteiger partial charge is 0.394 e. The first-order chi connectivity index (χ1) is 6.65. The van der Waals surface area contributed by atoms with Gasteiger partial charge in [-0.05, 0) is 12.8 Å². The van der Waals surface area contributed by atoms with E-state index in [1.165, 1.54) is 0 Å². The number of methoxy groups -OCH3 is 1. The first-order valence-corrected chi connectivity index (χ1v) is 4.41. The van der Waals surface area contributed by atoms with Gasteiger partial charge >= 0.3 is 0 Å². The molecule has 0 bridgehead atoms. The van der Waals surface area contributed by atoms with Gasteiger partial charge in [-0.1, -0.05) is 0 Å². The van der Waals surface area contributed by atoms with Crippen molar-refractivity contribution in [3.8, 4) is 0 Å². The predicted octanol–water partition coefficient (Wildman–Crippen LogP) is -0.810. The number of hydrogen-bond donors (Lipinski definition) is 3. The van der Waals surface area contributed by atoms with Crippen LogP contribution in [0.2, 0.25) is 0 Å². The Morgan fingerprint density at radius 2 is 1.71 bits per heavy atom. The Morgan fingerprint density at radius 1 is 1.36 bits per heavy atom. The van der Waals surface area contributed by atoms with E-state index in [4.69, 9.17) is 15.3 Å². The molecule has 0 heterocycles.